The van der Waals surface area contributed by atoms with Gasteiger partial charge in [0.2, 0.25) is 0 Å². The number of rotatable bonds is 3. The Hall–Kier alpha value is -1.62. The topological polar surface area (TPSA) is 46.3 Å². The minimum atomic E-state index is -0.128. The van der Waals surface area contributed by atoms with Crippen molar-refractivity contribution < 1.29 is 9.21 Å². The fraction of sp³-hybridized carbons (Fsp3) is 0.231. The highest BCUT2D eigenvalue weighted by Crippen LogP contribution is 2.12. The summed E-state index contributed by atoms with van der Waals surface area (Å²) in [7, 11) is 1.73. The number of hydrogen-bond acceptors (Lipinski definition) is 3. The van der Waals surface area contributed by atoms with Gasteiger partial charge in [-0.1, -0.05) is 0 Å². The van der Waals surface area contributed by atoms with Crippen LogP contribution < -0.4 is 0 Å². The molecule has 2 aromatic rings. The first-order valence-corrected chi connectivity index (χ1v) is 6.28. The molecule has 0 aromatic carbocycles. The first-order valence-electron chi connectivity index (χ1n) is 5.48. The largest absolute Gasteiger partial charge is 0.464 e. The Kier molecular flexibility index (Phi) is 3.81. The molecule has 0 saturated heterocycles. The second kappa shape index (κ2) is 5.35. The molecule has 1 amide bonds. The van der Waals surface area contributed by atoms with Crippen LogP contribution in [0.15, 0.2) is 39.4 Å². The van der Waals surface area contributed by atoms with Crippen molar-refractivity contribution in [1.29, 1.82) is 0 Å². The Morgan fingerprint density at radius 2 is 2.17 bits per heavy atom. The zero-order valence-electron chi connectivity index (χ0n) is 10.2. The lowest BCUT2D eigenvalue weighted by Gasteiger charge is -2.15. The molecular weight excluding hydrogens is 296 g/mol. The fourth-order valence-corrected chi connectivity index (χ4v) is 1.81. The third-order valence-electron chi connectivity index (χ3n) is 2.48. The first kappa shape index (κ1) is 12.8. The molecule has 94 valence electrons. The van der Waals surface area contributed by atoms with Crippen LogP contribution >= 0.6 is 15.9 Å². The maximum absolute atomic E-state index is 12.1. The number of carbonyl (C=O) groups is 1. The van der Waals surface area contributed by atoms with Crippen LogP contribution in [-0.2, 0) is 6.54 Å². The Morgan fingerprint density at radius 1 is 1.39 bits per heavy atom. The second-order valence-corrected chi connectivity index (χ2v) is 4.95. The van der Waals surface area contributed by atoms with Crippen molar-refractivity contribution in [2.24, 2.45) is 0 Å². The predicted octanol–water partition coefficient (Wildman–Crippen LogP) is 3.02. The number of aryl methyl sites for hydroxylation is 1. The van der Waals surface area contributed by atoms with E-state index in [0.717, 1.165) is 16.0 Å². The zero-order chi connectivity index (χ0) is 13.1. The van der Waals surface area contributed by atoms with Crippen LogP contribution in [0.25, 0.3) is 0 Å². The van der Waals surface area contributed by atoms with Crippen molar-refractivity contribution in [3.05, 3.63) is 52.1 Å². The van der Waals surface area contributed by atoms with E-state index in [-0.39, 0.29) is 5.91 Å². The van der Waals surface area contributed by atoms with Crippen molar-refractivity contribution in [3.8, 4) is 0 Å². The monoisotopic (exact) mass is 308 g/mol. The van der Waals surface area contributed by atoms with Crippen LogP contribution in [0.2, 0.25) is 0 Å². The van der Waals surface area contributed by atoms with E-state index in [4.69, 9.17) is 4.42 Å². The van der Waals surface area contributed by atoms with Crippen LogP contribution in [-0.4, -0.2) is 22.8 Å². The van der Waals surface area contributed by atoms with Gasteiger partial charge in [-0.3, -0.25) is 4.79 Å². The van der Waals surface area contributed by atoms with Crippen molar-refractivity contribution in [3.63, 3.8) is 0 Å². The van der Waals surface area contributed by atoms with Crippen molar-refractivity contribution in [1.82, 2.24) is 9.88 Å². The second-order valence-electron chi connectivity index (χ2n) is 4.04. The molecule has 0 saturated carbocycles. The number of hydrogen-bond donors (Lipinski definition) is 0. The van der Waals surface area contributed by atoms with E-state index in [2.05, 4.69) is 20.9 Å². The summed E-state index contributed by atoms with van der Waals surface area (Å²) in [5.41, 5.74) is 0.420. The normalized spacial score (nSPS) is 10.4. The molecule has 4 nitrogen and oxygen atoms in total. The lowest BCUT2D eigenvalue weighted by molar-refractivity contribution is 0.0769. The van der Waals surface area contributed by atoms with Crippen molar-refractivity contribution in [2.45, 2.75) is 13.5 Å². The third-order valence-corrected chi connectivity index (χ3v) is 2.95. The summed E-state index contributed by atoms with van der Waals surface area (Å²) in [6.45, 7) is 2.31. The number of aromatic nitrogens is 1. The summed E-state index contributed by atoms with van der Waals surface area (Å²) < 4.78 is 6.29. The third kappa shape index (κ3) is 2.98. The molecule has 0 N–H and O–H groups in total. The van der Waals surface area contributed by atoms with Gasteiger partial charge in [-0.2, -0.15) is 0 Å². The molecule has 5 heteroatoms. The molecule has 0 bridgehead atoms. The van der Waals surface area contributed by atoms with E-state index in [1.54, 1.807) is 30.3 Å². The number of amides is 1. The van der Waals surface area contributed by atoms with Gasteiger partial charge in [0.25, 0.3) is 5.91 Å². The Bertz CT molecular complexity index is 548. The van der Waals surface area contributed by atoms with Gasteiger partial charge in [0.1, 0.15) is 17.2 Å². The van der Waals surface area contributed by atoms with Crippen LogP contribution in [0.3, 0.4) is 0 Å². The Morgan fingerprint density at radius 3 is 2.72 bits per heavy atom. The van der Waals surface area contributed by atoms with Crippen molar-refractivity contribution in [2.75, 3.05) is 7.05 Å². The first-order chi connectivity index (χ1) is 8.56. The Labute approximate surface area is 114 Å². The van der Waals surface area contributed by atoms with E-state index >= 15 is 0 Å². The predicted molar refractivity (Wildman–Crippen MR) is 71.2 cm³/mol. The van der Waals surface area contributed by atoms with Gasteiger partial charge in [-0.15, -0.1) is 0 Å². The van der Waals surface area contributed by atoms with Crippen LogP contribution in [0.4, 0.5) is 0 Å². The summed E-state index contributed by atoms with van der Waals surface area (Å²) in [5.74, 6) is 1.48. The van der Waals surface area contributed by atoms with E-state index in [1.807, 2.05) is 19.1 Å². The van der Waals surface area contributed by atoms with Crippen LogP contribution in [0, 0.1) is 6.92 Å². The fourth-order valence-electron chi connectivity index (χ4n) is 1.57. The molecule has 0 radical (unpaired) electrons. The van der Waals surface area contributed by atoms with Crippen LogP contribution in [0.1, 0.15) is 22.0 Å². The molecule has 2 heterocycles. The maximum Gasteiger partial charge on any atom is 0.272 e. The minimum absolute atomic E-state index is 0.128. The molecule has 0 aliphatic heterocycles. The molecule has 2 rings (SSSR count). The van der Waals surface area contributed by atoms with E-state index in [1.165, 1.54) is 0 Å². The van der Waals surface area contributed by atoms with Crippen LogP contribution in [0.5, 0.6) is 0 Å². The van der Waals surface area contributed by atoms with Gasteiger partial charge in [0.15, 0.2) is 0 Å². The average Bonchev–Trinajstić information content (AvgIpc) is 2.75. The summed E-state index contributed by atoms with van der Waals surface area (Å²) in [6, 6.07) is 7.24. The van der Waals surface area contributed by atoms with E-state index in [0.29, 0.717) is 12.2 Å². The molecule has 18 heavy (non-hydrogen) atoms. The summed E-state index contributed by atoms with van der Waals surface area (Å²) in [6.07, 6.45) is 1.61. The summed E-state index contributed by atoms with van der Waals surface area (Å²) in [4.78, 5) is 17.7. The highest BCUT2D eigenvalue weighted by Gasteiger charge is 2.14. The molecule has 0 unspecified atom stereocenters. The lowest BCUT2D eigenvalue weighted by Crippen LogP contribution is -2.26. The maximum atomic E-state index is 12.1. The minimum Gasteiger partial charge on any atom is -0.464 e. The highest BCUT2D eigenvalue weighted by atomic mass is 79.9. The molecule has 0 aliphatic rings. The van der Waals surface area contributed by atoms with Gasteiger partial charge in [-0.25, -0.2) is 4.98 Å². The average molecular weight is 309 g/mol. The van der Waals surface area contributed by atoms with Gasteiger partial charge in [0, 0.05) is 17.7 Å². The summed E-state index contributed by atoms with van der Waals surface area (Å²) >= 11 is 3.29. The van der Waals surface area contributed by atoms with Gasteiger partial charge in [-0.05, 0) is 47.1 Å². The molecular formula is C13H13BrN2O2. The van der Waals surface area contributed by atoms with Gasteiger partial charge < -0.3 is 9.32 Å². The molecule has 0 spiro atoms. The van der Waals surface area contributed by atoms with Gasteiger partial charge >= 0.3 is 0 Å². The molecule has 0 aliphatic carbocycles. The molecule has 0 fully saturated rings. The standard InChI is InChI=1S/C13H13BrN2O2/c1-9-3-5-11(18-9)8-16(2)13(17)12-6-4-10(14)7-15-12/h3-7H,8H2,1-2H3. The molecule has 0 atom stereocenters. The SMILES string of the molecule is Cc1ccc(CN(C)C(=O)c2ccc(Br)cn2)o1. The highest BCUT2D eigenvalue weighted by molar-refractivity contribution is 9.10. The quantitative estimate of drug-likeness (QED) is 0.875. The Balaban J connectivity index is 2.07. The van der Waals surface area contributed by atoms with E-state index in [9.17, 15) is 4.79 Å². The van der Waals surface area contributed by atoms with E-state index < -0.39 is 0 Å². The lowest BCUT2D eigenvalue weighted by atomic mass is 10.3. The number of pyridine rings is 1. The zero-order valence-corrected chi connectivity index (χ0v) is 11.8. The van der Waals surface area contributed by atoms with Crippen molar-refractivity contribution >= 4 is 21.8 Å². The number of nitrogens with zero attached hydrogens (tertiary/aromatic N) is 2. The smallest absolute Gasteiger partial charge is 0.272 e. The van der Waals surface area contributed by atoms with Gasteiger partial charge in [0.05, 0.1) is 6.54 Å². The molecule has 2 aromatic heterocycles. The summed E-state index contributed by atoms with van der Waals surface area (Å²) in [5, 5.41) is 0. The number of furan rings is 1. The number of carbonyl (C=O) groups excluding carboxylic acids is 1. The number of halogens is 1.